The van der Waals surface area contributed by atoms with E-state index in [9.17, 15) is 14.7 Å². The van der Waals surface area contributed by atoms with Crippen LogP contribution >= 0.6 is 0 Å². The van der Waals surface area contributed by atoms with Crippen molar-refractivity contribution in [3.05, 3.63) is 24.2 Å². The van der Waals surface area contributed by atoms with Crippen LogP contribution in [-0.4, -0.2) is 24.0 Å². The highest BCUT2D eigenvalue weighted by molar-refractivity contribution is 5.95. The molecule has 0 amide bonds. The molecule has 5 heteroatoms. The second kappa shape index (κ2) is 5.31. The molecule has 0 saturated heterocycles. The number of carbonyl (C=O) groups excluding carboxylic acids is 2. The Kier molecular flexibility index (Phi) is 4.05. The fraction of sp³-hybridized carbons (Fsp3) is 0.400. The van der Waals surface area contributed by atoms with E-state index in [1.807, 2.05) is 0 Å². The number of methoxy groups -OCH3 is 1. The van der Waals surface area contributed by atoms with Gasteiger partial charge in [0.15, 0.2) is 0 Å². The van der Waals surface area contributed by atoms with Gasteiger partial charge in [-0.15, -0.1) is 0 Å². The van der Waals surface area contributed by atoms with Crippen molar-refractivity contribution in [2.45, 2.75) is 18.9 Å². The third-order valence-corrected chi connectivity index (χ3v) is 1.86. The Morgan fingerprint density at radius 3 is 2.87 bits per heavy atom. The highest BCUT2D eigenvalue weighted by Gasteiger charge is 2.17. The summed E-state index contributed by atoms with van der Waals surface area (Å²) >= 11 is 0. The predicted octanol–water partition coefficient (Wildman–Crippen LogP) is 0.835. The smallest absolute Gasteiger partial charge is 0.313 e. The summed E-state index contributed by atoms with van der Waals surface area (Å²) in [6.45, 7) is 0. The van der Waals surface area contributed by atoms with E-state index in [2.05, 4.69) is 4.74 Å². The van der Waals surface area contributed by atoms with Gasteiger partial charge in [-0.3, -0.25) is 9.59 Å². The van der Waals surface area contributed by atoms with Crippen molar-refractivity contribution >= 4 is 11.8 Å². The molecule has 0 bridgehead atoms. The minimum absolute atomic E-state index is 0.150. The van der Waals surface area contributed by atoms with Crippen molar-refractivity contribution in [2.75, 3.05) is 7.11 Å². The lowest BCUT2D eigenvalue weighted by molar-refractivity contribution is -0.143. The lowest BCUT2D eigenvalue weighted by Gasteiger charge is -2.05. The van der Waals surface area contributed by atoms with Gasteiger partial charge in [0.25, 0.3) is 0 Å². The summed E-state index contributed by atoms with van der Waals surface area (Å²) in [5, 5.41) is 9.50. The third-order valence-electron chi connectivity index (χ3n) is 1.86. The molecule has 0 spiro atoms. The van der Waals surface area contributed by atoms with E-state index in [-0.39, 0.29) is 18.6 Å². The minimum atomic E-state index is -1.00. The van der Waals surface area contributed by atoms with Crippen LogP contribution in [0.25, 0.3) is 0 Å². The first kappa shape index (κ1) is 11.5. The maximum atomic E-state index is 11.2. The number of ether oxygens (including phenoxy) is 1. The van der Waals surface area contributed by atoms with Gasteiger partial charge < -0.3 is 14.3 Å². The van der Waals surface area contributed by atoms with E-state index in [0.29, 0.717) is 5.76 Å². The zero-order valence-electron chi connectivity index (χ0n) is 8.30. The van der Waals surface area contributed by atoms with Crippen LogP contribution in [0.1, 0.15) is 24.7 Å². The van der Waals surface area contributed by atoms with Crippen LogP contribution in [0.2, 0.25) is 0 Å². The van der Waals surface area contributed by atoms with E-state index in [4.69, 9.17) is 4.42 Å². The number of aliphatic hydroxyl groups excluding tert-OH is 1. The molecule has 1 unspecified atom stereocenters. The maximum absolute atomic E-state index is 11.2. The molecule has 5 nitrogen and oxygen atoms in total. The molecule has 0 aliphatic heterocycles. The van der Waals surface area contributed by atoms with Gasteiger partial charge in [0, 0.05) is 6.42 Å². The number of esters is 1. The van der Waals surface area contributed by atoms with Gasteiger partial charge in [-0.25, -0.2) is 0 Å². The van der Waals surface area contributed by atoms with Crippen molar-refractivity contribution in [2.24, 2.45) is 0 Å². The minimum Gasteiger partial charge on any atom is -0.469 e. The van der Waals surface area contributed by atoms with Crippen molar-refractivity contribution in [1.29, 1.82) is 0 Å². The monoisotopic (exact) mass is 212 g/mol. The van der Waals surface area contributed by atoms with Gasteiger partial charge >= 0.3 is 5.97 Å². The van der Waals surface area contributed by atoms with E-state index >= 15 is 0 Å². The fourth-order valence-electron chi connectivity index (χ4n) is 1.10. The molecule has 0 radical (unpaired) electrons. The Hall–Kier alpha value is -1.62. The molecule has 1 aromatic heterocycles. The van der Waals surface area contributed by atoms with Crippen LogP contribution in [0, 0.1) is 0 Å². The third kappa shape index (κ3) is 3.55. The number of ketones is 1. The normalized spacial score (nSPS) is 12.1. The molecule has 0 saturated carbocycles. The molecule has 0 aliphatic carbocycles. The molecule has 1 aromatic rings. The van der Waals surface area contributed by atoms with Crippen molar-refractivity contribution < 1.29 is 23.8 Å². The average Bonchev–Trinajstić information content (AvgIpc) is 2.70. The molecule has 1 N–H and O–H groups in total. The van der Waals surface area contributed by atoms with Gasteiger partial charge in [0.2, 0.25) is 0 Å². The van der Waals surface area contributed by atoms with Crippen molar-refractivity contribution in [3.8, 4) is 0 Å². The molecule has 0 aliphatic rings. The summed E-state index contributed by atoms with van der Waals surface area (Å²) < 4.78 is 9.24. The van der Waals surface area contributed by atoms with Crippen LogP contribution in [0.4, 0.5) is 0 Å². The van der Waals surface area contributed by atoms with Gasteiger partial charge in [-0.2, -0.15) is 0 Å². The second-order valence-corrected chi connectivity index (χ2v) is 3.03. The van der Waals surface area contributed by atoms with Crippen LogP contribution in [0.15, 0.2) is 22.8 Å². The number of aliphatic hydroxyl groups is 1. The van der Waals surface area contributed by atoms with Crippen molar-refractivity contribution in [1.82, 2.24) is 0 Å². The lowest BCUT2D eigenvalue weighted by atomic mass is 10.1. The number of carbonyl (C=O) groups is 2. The standard InChI is InChI=1S/C10H12O5/c1-14-10(13)6-7(11)5-8(12)9-3-2-4-15-9/h2-4,8,12H,5-6H2,1H3. The highest BCUT2D eigenvalue weighted by Crippen LogP contribution is 2.17. The summed E-state index contributed by atoms with van der Waals surface area (Å²) in [5.74, 6) is -0.675. The van der Waals surface area contributed by atoms with E-state index in [1.165, 1.54) is 13.4 Å². The van der Waals surface area contributed by atoms with Crippen LogP contribution in [0.5, 0.6) is 0 Å². The van der Waals surface area contributed by atoms with Gasteiger partial charge in [0.1, 0.15) is 24.1 Å². The molecular formula is C10H12O5. The van der Waals surface area contributed by atoms with Crippen molar-refractivity contribution in [3.63, 3.8) is 0 Å². The van der Waals surface area contributed by atoms with Gasteiger partial charge in [-0.05, 0) is 12.1 Å². The SMILES string of the molecule is COC(=O)CC(=O)CC(O)c1ccco1. The van der Waals surface area contributed by atoms with Crippen LogP contribution in [-0.2, 0) is 14.3 Å². The fourth-order valence-corrected chi connectivity index (χ4v) is 1.10. The van der Waals surface area contributed by atoms with Gasteiger partial charge in [0.05, 0.1) is 13.4 Å². The van der Waals surface area contributed by atoms with Crippen LogP contribution in [0.3, 0.4) is 0 Å². The Morgan fingerprint density at radius 2 is 2.33 bits per heavy atom. The first-order valence-corrected chi connectivity index (χ1v) is 4.43. The van der Waals surface area contributed by atoms with Gasteiger partial charge in [-0.1, -0.05) is 0 Å². The largest absolute Gasteiger partial charge is 0.469 e. The quantitative estimate of drug-likeness (QED) is 0.578. The molecule has 0 fully saturated rings. The second-order valence-electron chi connectivity index (χ2n) is 3.03. The number of hydrogen-bond acceptors (Lipinski definition) is 5. The molecule has 82 valence electrons. The Bertz CT molecular complexity index is 328. The zero-order chi connectivity index (χ0) is 11.3. The zero-order valence-corrected chi connectivity index (χ0v) is 8.30. The number of hydrogen-bond donors (Lipinski definition) is 1. The highest BCUT2D eigenvalue weighted by atomic mass is 16.5. The summed E-state index contributed by atoms with van der Waals surface area (Å²) in [6, 6.07) is 3.18. The summed E-state index contributed by atoms with van der Waals surface area (Å²) in [6.07, 6.45) is -0.0719. The Labute approximate surface area is 86.6 Å². The number of furan rings is 1. The average molecular weight is 212 g/mol. The lowest BCUT2D eigenvalue weighted by Crippen LogP contribution is -2.12. The number of rotatable bonds is 5. The first-order valence-electron chi connectivity index (χ1n) is 4.43. The van der Waals surface area contributed by atoms with E-state index < -0.39 is 12.1 Å². The summed E-state index contributed by atoms with van der Waals surface area (Å²) in [4.78, 5) is 22.0. The summed E-state index contributed by atoms with van der Waals surface area (Å²) in [7, 11) is 1.21. The number of Topliss-reactive ketones (excluding diaryl/α,β-unsaturated/α-hetero) is 1. The first-order chi connectivity index (χ1) is 7.13. The maximum Gasteiger partial charge on any atom is 0.313 e. The molecule has 1 atom stereocenters. The predicted molar refractivity (Wildman–Crippen MR) is 49.9 cm³/mol. The summed E-state index contributed by atoms with van der Waals surface area (Å²) in [5.41, 5.74) is 0. The Morgan fingerprint density at radius 1 is 1.60 bits per heavy atom. The molecule has 0 aromatic carbocycles. The van der Waals surface area contributed by atoms with Crippen LogP contribution < -0.4 is 0 Å². The Balaban J connectivity index is 2.42. The molecule has 1 rings (SSSR count). The van der Waals surface area contributed by atoms with E-state index in [1.54, 1.807) is 12.1 Å². The topological polar surface area (TPSA) is 76.7 Å². The molecule has 15 heavy (non-hydrogen) atoms. The van der Waals surface area contributed by atoms with E-state index in [0.717, 1.165) is 0 Å². The molecular weight excluding hydrogens is 200 g/mol. The molecule has 1 heterocycles.